The van der Waals surface area contributed by atoms with Gasteiger partial charge in [-0.2, -0.15) is 13.2 Å². The van der Waals surface area contributed by atoms with E-state index in [4.69, 9.17) is 0 Å². The normalized spacial score (nSPS) is 12.4. The Morgan fingerprint density at radius 3 is 2.58 bits per heavy atom. The van der Waals surface area contributed by atoms with Crippen LogP contribution >= 0.6 is 0 Å². The fourth-order valence-electron chi connectivity index (χ4n) is 1.27. The quantitative estimate of drug-likeness (QED) is 0.780. The van der Waals surface area contributed by atoms with Crippen LogP contribution in [0.4, 0.5) is 19.0 Å². The van der Waals surface area contributed by atoms with E-state index >= 15 is 0 Å². The van der Waals surface area contributed by atoms with E-state index in [0.717, 1.165) is 24.6 Å². The molecule has 1 heterocycles. The largest absolute Gasteiger partial charge is 0.416 e. The number of nitrogens with zero attached hydrogens (tertiary/aromatic N) is 1. The molecular formula is C10H14F3N3O2S. The van der Waals surface area contributed by atoms with Gasteiger partial charge in [-0.05, 0) is 18.6 Å². The molecule has 0 amide bonds. The second kappa shape index (κ2) is 6.20. The summed E-state index contributed by atoms with van der Waals surface area (Å²) >= 11 is 0. The first kappa shape index (κ1) is 15.7. The van der Waals surface area contributed by atoms with Gasteiger partial charge in [0.1, 0.15) is 5.82 Å². The van der Waals surface area contributed by atoms with Crippen molar-refractivity contribution in [2.24, 2.45) is 0 Å². The Bertz CT molecular complexity index is 517. The van der Waals surface area contributed by atoms with Gasteiger partial charge in [0.15, 0.2) is 0 Å². The molecule has 1 aromatic heterocycles. The molecule has 0 atom stereocenters. The van der Waals surface area contributed by atoms with Crippen LogP contribution in [0, 0.1) is 0 Å². The van der Waals surface area contributed by atoms with Crippen LogP contribution in [0.2, 0.25) is 0 Å². The summed E-state index contributed by atoms with van der Waals surface area (Å²) in [6.07, 6.45) is -1.86. The summed E-state index contributed by atoms with van der Waals surface area (Å²) in [5, 5.41) is 2.70. The lowest BCUT2D eigenvalue weighted by Crippen LogP contribution is -2.24. The number of sulfonamides is 1. The van der Waals surface area contributed by atoms with Crippen molar-refractivity contribution < 1.29 is 21.6 Å². The zero-order chi connectivity index (χ0) is 14.5. The number of aromatic nitrogens is 1. The molecule has 9 heteroatoms. The lowest BCUT2D eigenvalue weighted by molar-refractivity contribution is -0.137. The van der Waals surface area contributed by atoms with E-state index in [9.17, 15) is 21.6 Å². The van der Waals surface area contributed by atoms with Crippen molar-refractivity contribution in [1.82, 2.24) is 9.71 Å². The lowest BCUT2D eigenvalue weighted by Gasteiger charge is -2.09. The average molecular weight is 297 g/mol. The summed E-state index contributed by atoms with van der Waals surface area (Å²) < 4.78 is 61.0. The van der Waals surface area contributed by atoms with Crippen LogP contribution in [-0.4, -0.2) is 32.7 Å². The summed E-state index contributed by atoms with van der Waals surface area (Å²) in [7, 11) is -3.24. The highest BCUT2D eigenvalue weighted by atomic mass is 32.2. The number of hydrogen-bond donors (Lipinski definition) is 2. The Morgan fingerprint density at radius 1 is 1.32 bits per heavy atom. The van der Waals surface area contributed by atoms with E-state index in [-0.39, 0.29) is 12.4 Å². The van der Waals surface area contributed by atoms with E-state index in [1.54, 1.807) is 0 Å². The monoisotopic (exact) mass is 297 g/mol. The molecule has 0 aromatic carbocycles. The Morgan fingerprint density at radius 2 is 2.00 bits per heavy atom. The van der Waals surface area contributed by atoms with Crippen LogP contribution in [0.15, 0.2) is 18.3 Å². The first-order chi connectivity index (χ1) is 8.68. The van der Waals surface area contributed by atoms with Crippen LogP contribution in [0.3, 0.4) is 0 Å². The highest BCUT2D eigenvalue weighted by Gasteiger charge is 2.30. The van der Waals surface area contributed by atoms with Crippen molar-refractivity contribution >= 4 is 15.8 Å². The topological polar surface area (TPSA) is 71.1 Å². The van der Waals surface area contributed by atoms with Crippen LogP contribution in [0.1, 0.15) is 12.0 Å². The van der Waals surface area contributed by atoms with Gasteiger partial charge < -0.3 is 5.32 Å². The van der Waals surface area contributed by atoms with E-state index < -0.39 is 21.8 Å². The molecular weight excluding hydrogens is 283 g/mol. The van der Waals surface area contributed by atoms with E-state index in [0.29, 0.717) is 13.0 Å². The third-order valence-corrected chi connectivity index (χ3v) is 2.84. The minimum Gasteiger partial charge on any atom is -0.370 e. The van der Waals surface area contributed by atoms with E-state index in [2.05, 4.69) is 15.0 Å². The van der Waals surface area contributed by atoms with Crippen LogP contribution in [0.25, 0.3) is 0 Å². The van der Waals surface area contributed by atoms with Gasteiger partial charge in [-0.25, -0.2) is 18.1 Å². The zero-order valence-electron chi connectivity index (χ0n) is 10.2. The SMILES string of the molecule is CS(=O)(=O)NCCCNc1cc(C(F)(F)F)ccn1. The Balaban J connectivity index is 2.42. The van der Waals surface area contributed by atoms with Gasteiger partial charge in [-0.1, -0.05) is 0 Å². The van der Waals surface area contributed by atoms with E-state index in [1.807, 2.05) is 0 Å². The fraction of sp³-hybridized carbons (Fsp3) is 0.500. The van der Waals surface area contributed by atoms with Crippen molar-refractivity contribution in [2.45, 2.75) is 12.6 Å². The number of alkyl halides is 3. The summed E-state index contributed by atoms with van der Waals surface area (Å²) in [6.45, 7) is 0.529. The molecule has 0 fully saturated rings. The van der Waals surface area contributed by atoms with Gasteiger partial charge in [0.2, 0.25) is 10.0 Å². The number of pyridine rings is 1. The molecule has 0 unspecified atom stereocenters. The fourth-order valence-corrected chi connectivity index (χ4v) is 1.78. The lowest BCUT2D eigenvalue weighted by atomic mass is 10.2. The van der Waals surface area contributed by atoms with Gasteiger partial charge >= 0.3 is 6.18 Å². The van der Waals surface area contributed by atoms with Gasteiger partial charge in [-0.3, -0.25) is 0 Å². The summed E-state index contributed by atoms with van der Waals surface area (Å²) in [4.78, 5) is 3.75. The molecule has 0 aliphatic carbocycles. The van der Waals surface area contributed by atoms with Crippen molar-refractivity contribution in [3.05, 3.63) is 23.9 Å². The van der Waals surface area contributed by atoms with Crippen molar-refractivity contribution in [3.63, 3.8) is 0 Å². The first-order valence-corrected chi connectivity index (χ1v) is 7.29. The second-order valence-electron chi connectivity index (χ2n) is 3.87. The van der Waals surface area contributed by atoms with Gasteiger partial charge in [0.25, 0.3) is 0 Å². The molecule has 2 N–H and O–H groups in total. The third-order valence-electron chi connectivity index (χ3n) is 2.11. The molecule has 5 nitrogen and oxygen atoms in total. The summed E-state index contributed by atoms with van der Waals surface area (Å²) in [5.41, 5.74) is -0.778. The molecule has 0 radical (unpaired) electrons. The summed E-state index contributed by atoms with van der Waals surface area (Å²) in [6, 6.07) is 1.79. The number of anilines is 1. The predicted octanol–water partition coefficient (Wildman–Crippen LogP) is 1.45. The number of rotatable bonds is 6. The standard InChI is InChI=1S/C10H14F3N3O2S/c1-19(17,18)16-5-2-4-14-9-7-8(3-6-15-9)10(11,12)13/h3,6-7,16H,2,4-5H2,1H3,(H,14,15). The van der Waals surface area contributed by atoms with E-state index in [1.165, 1.54) is 0 Å². The van der Waals surface area contributed by atoms with Crippen LogP contribution in [0.5, 0.6) is 0 Å². The number of nitrogens with one attached hydrogen (secondary N) is 2. The van der Waals surface area contributed by atoms with Crippen molar-refractivity contribution in [2.75, 3.05) is 24.7 Å². The van der Waals surface area contributed by atoms with Crippen molar-refractivity contribution in [1.29, 1.82) is 0 Å². The molecule has 0 aliphatic heterocycles. The maximum Gasteiger partial charge on any atom is 0.416 e. The maximum absolute atomic E-state index is 12.4. The average Bonchev–Trinajstić information content (AvgIpc) is 2.26. The highest BCUT2D eigenvalue weighted by molar-refractivity contribution is 7.88. The predicted molar refractivity (Wildman–Crippen MR) is 65.2 cm³/mol. The number of hydrogen-bond acceptors (Lipinski definition) is 4. The Hall–Kier alpha value is -1.35. The molecule has 1 aromatic rings. The molecule has 108 valence electrons. The first-order valence-electron chi connectivity index (χ1n) is 5.40. The van der Waals surface area contributed by atoms with Gasteiger partial charge in [-0.15, -0.1) is 0 Å². The molecule has 19 heavy (non-hydrogen) atoms. The second-order valence-corrected chi connectivity index (χ2v) is 5.71. The van der Waals surface area contributed by atoms with Crippen LogP contribution in [-0.2, 0) is 16.2 Å². The number of halogens is 3. The van der Waals surface area contributed by atoms with Crippen LogP contribution < -0.4 is 10.0 Å². The highest BCUT2D eigenvalue weighted by Crippen LogP contribution is 2.29. The molecule has 0 saturated carbocycles. The molecule has 0 spiro atoms. The zero-order valence-corrected chi connectivity index (χ0v) is 11.0. The molecule has 0 bridgehead atoms. The van der Waals surface area contributed by atoms with Crippen molar-refractivity contribution in [3.8, 4) is 0 Å². The Labute approximate surface area is 109 Å². The third kappa shape index (κ3) is 6.39. The van der Waals surface area contributed by atoms with Gasteiger partial charge in [0, 0.05) is 19.3 Å². The molecule has 1 rings (SSSR count). The molecule has 0 saturated heterocycles. The Kier molecular flexibility index (Phi) is 5.12. The van der Waals surface area contributed by atoms with Gasteiger partial charge in [0.05, 0.1) is 11.8 Å². The summed E-state index contributed by atoms with van der Waals surface area (Å²) in [5.74, 6) is 0.106. The minimum atomic E-state index is -4.41. The minimum absolute atomic E-state index is 0.106. The molecule has 0 aliphatic rings. The maximum atomic E-state index is 12.4. The smallest absolute Gasteiger partial charge is 0.370 e.